The fraction of sp³-hybridized carbons (Fsp3) is 0.364. The summed E-state index contributed by atoms with van der Waals surface area (Å²) in [5.74, 6) is 1.72. The van der Waals surface area contributed by atoms with Gasteiger partial charge in [0.15, 0.2) is 5.96 Å². The standard InChI is InChI=1S/C22H30N4O2/c1-4-23-22(26-16-17(2)18-8-6-5-7-9-18)25-15-14-24-21(27)19-10-12-20(28-3)13-11-19/h5-13,17H,4,14-16H2,1-3H3,(H,24,27)(H2,23,25,26). The third-order valence-electron chi connectivity index (χ3n) is 4.29. The van der Waals surface area contributed by atoms with Gasteiger partial charge in [-0.3, -0.25) is 9.79 Å². The van der Waals surface area contributed by atoms with Gasteiger partial charge in [0.2, 0.25) is 0 Å². The fourth-order valence-corrected chi connectivity index (χ4v) is 2.66. The molecular formula is C22H30N4O2. The van der Waals surface area contributed by atoms with Gasteiger partial charge in [-0.15, -0.1) is 0 Å². The molecule has 150 valence electrons. The number of nitrogens with one attached hydrogen (secondary N) is 3. The van der Waals surface area contributed by atoms with Crippen molar-refractivity contribution in [1.29, 1.82) is 0 Å². The quantitative estimate of drug-likeness (QED) is 0.354. The van der Waals surface area contributed by atoms with E-state index in [2.05, 4.69) is 40.0 Å². The van der Waals surface area contributed by atoms with Gasteiger partial charge < -0.3 is 20.7 Å². The molecule has 0 fully saturated rings. The summed E-state index contributed by atoms with van der Waals surface area (Å²) < 4.78 is 5.10. The molecule has 2 rings (SSSR count). The van der Waals surface area contributed by atoms with Gasteiger partial charge in [-0.25, -0.2) is 0 Å². The van der Waals surface area contributed by atoms with Crippen LogP contribution in [0.3, 0.4) is 0 Å². The molecule has 0 spiro atoms. The smallest absolute Gasteiger partial charge is 0.251 e. The van der Waals surface area contributed by atoms with Gasteiger partial charge in [-0.2, -0.15) is 0 Å². The predicted octanol–water partition coefficient (Wildman–Crippen LogP) is 2.78. The van der Waals surface area contributed by atoms with Gasteiger partial charge in [-0.1, -0.05) is 37.3 Å². The van der Waals surface area contributed by atoms with Crippen LogP contribution in [0.25, 0.3) is 0 Å². The maximum absolute atomic E-state index is 12.2. The highest BCUT2D eigenvalue weighted by Gasteiger charge is 2.06. The molecule has 0 aromatic heterocycles. The van der Waals surface area contributed by atoms with Gasteiger partial charge in [0.1, 0.15) is 5.75 Å². The van der Waals surface area contributed by atoms with Crippen molar-refractivity contribution >= 4 is 11.9 Å². The molecule has 3 N–H and O–H groups in total. The van der Waals surface area contributed by atoms with Crippen LogP contribution in [0.2, 0.25) is 0 Å². The lowest BCUT2D eigenvalue weighted by atomic mass is 10.0. The molecule has 0 saturated heterocycles. The predicted molar refractivity (Wildman–Crippen MR) is 114 cm³/mol. The first-order chi connectivity index (χ1) is 13.6. The summed E-state index contributed by atoms with van der Waals surface area (Å²) in [6, 6.07) is 17.4. The minimum Gasteiger partial charge on any atom is -0.497 e. The summed E-state index contributed by atoms with van der Waals surface area (Å²) in [6.45, 7) is 6.76. The van der Waals surface area contributed by atoms with Crippen LogP contribution in [-0.4, -0.2) is 45.2 Å². The monoisotopic (exact) mass is 382 g/mol. The van der Waals surface area contributed by atoms with Crippen LogP contribution >= 0.6 is 0 Å². The van der Waals surface area contributed by atoms with E-state index in [1.807, 2.05) is 25.1 Å². The Labute approximate surface area is 167 Å². The molecule has 0 bridgehead atoms. The second kappa shape index (κ2) is 11.6. The van der Waals surface area contributed by atoms with E-state index in [4.69, 9.17) is 4.74 Å². The Morgan fingerprint density at radius 2 is 1.68 bits per heavy atom. The van der Waals surface area contributed by atoms with E-state index < -0.39 is 0 Å². The number of amides is 1. The second-order valence-corrected chi connectivity index (χ2v) is 6.44. The van der Waals surface area contributed by atoms with Gasteiger partial charge in [0, 0.05) is 37.7 Å². The molecule has 1 unspecified atom stereocenters. The summed E-state index contributed by atoms with van der Waals surface area (Å²) in [7, 11) is 1.60. The van der Waals surface area contributed by atoms with E-state index in [9.17, 15) is 4.79 Å². The maximum Gasteiger partial charge on any atom is 0.251 e. The zero-order valence-corrected chi connectivity index (χ0v) is 16.9. The number of carbonyl (C=O) groups is 1. The fourth-order valence-electron chi connectivity index (χ4n) is 2.66. The van der Waals surface area contributed by atoms with Crippen molar-refractivity contribution < 1.29 is 9.53 Å². The van der Waals surface area contributed by atoms with Gasteiger partial charge in [0.25, 0.3) is 5.91 Å². The zero-order chi connectivity index (χ0) is 20.2. The van der Waals surface area contributed by atoms with E-state index >= 15 is 0 Å². The van der Waals surface area contributed by atoms with Gasteiger partial charge >= 0.3 is 0 Å². The van der Waals surface area contributed by atoms with Crippen LogP contribution in [0.15, 0.2) is 59.6 Å². The van der Waals surface area contributed by atoms with Crippen molar-refractivity contribution in [2.24, 2.45) is 4.99 Å². The molecule has 28 heavy (non-hydrogen) atoms. The topological polar surface area (TPSA) is 74.8 Å². The number of benzene rings is 2. The summed E-state index contributed by atoms with van der Waals surface area (Å²) in [4.78, 5) is 16.8. The number of rotatable bonds is 9. The van der Waals surface area contributed by atoms with E-state index in [0.717, 1.165) is 18.3 Å². The van der Waals surface area contributed by atoms with Crippen LogP contribution in [0.5, 0.6) is 5.75 Å². The lowest BCUT2D eigenvalue weighted by molar-refractivity contribution is 0.0954. The van der Waals surface area contributed by atoms with Crippen molar-refractivity contribution in [3.63, 3.8) is 0 Å². The minimum atomic E-state index is -0.107. The van der Waals surface area contributed by atoms with Gasteiger partial charge in [-0.05, 0) is 36.8 Å². The minimum absolute atomic E-state index is 0.107. The first kappa shape index (κ1) is 21.3. The molecule has 2 aromatic carbocycles. The third kappa shape index (κ3) is 6.95. The first-order valence-corrected chi connectivity index (χ1v) is 9.63. The molecule has 1 amide bonds. The van der Waals surface area contributed by atoms with E-state index in [-0.39, 0.29) is 5.91 Å². The average Bonchev–Trinajstić information content (AvgIpc) is 2.75. The molecule has 0 heterocycles. The number of carbonyl (C=O) groups excluding carboxylic acids is 1. The van der Waals surface area contributed by atoms with E-state index in [1.54, 1.807) is 31.4 Å². The number of aliphatic imine (C=N–C) groups is 1. The number of methoxy groups -OCH3 is 1. The van der Waals surface area contributed by atoms with Crippen molar-refractivity contribution in [2.75, 3.05) is 33.3 Å². The highest BCUT2D eigenvalue weighted by molar-refractivity contribution is 5.94. The zero-order valence-electron chi connectivity index (χ0n) is 16.9. The third-order valence-corrected chi connectivity index (χ3v) is 4.29. The summed E-state index contributed by atoms with van der Waals surface area (Å²) >= 11 is 0. The molecule has 0 aliphatic carbocycles. The molecule has 1 atom stereocenters. The Morgan fingerprint density at radius 1 is 1.00 bits per heavy atom. The van der Waals surface area contributed by atoms with Crippen LogP contribution in [0, 0.1) is 0 Å². The molecule has 0 saturated carbocycles. The first-order valence-electron chi connectivity index (χ1n) is 9.63. The van der Waals surface area contributed by atoms with E-state index in [1.165, 1.54) is 5.56 Å². The van der Waals surface area contributed by atoms with Gasteiger partial charge in [0.05, 0.1) is 7.11 Å². The summed E-state index contributed by atoms with van der Waals surface area (Å²) in [5.41, 5.74) is 1.88. The summed E-state index contributed by atoms with van der Waals surface area (Å²) in [6.07, 6.45) is 0. The lowest BCUT2D eigenvalue weighted by Crippen LogP contribution is -2.41. The number of hydrogen-bond donors (Lipinski definition) is 3. The maximum atomic E-state index is 12.2. The van der Waals surface area contributed by atoms with Crippen LogP contribution in [0.1, 0.15) is 35.7 Å². The van der Waals surface area contributed by atoms with Crippen molar-refractivity contribution in [3.8, 4) is 5.75 Å². The molecule has 0 radical (unpaired) electrons. The molecule has 0 aliphatic heterocycles. The number of hydrogen-bond acceptors (Lipinski definition) is 3. The Hall–Kier alpha value is -3.02. The highest BCUT2D eigenvalue weighted by atomic mass is 16.5. The number of nitrogens with zero attached hydrogens (tertiary/aromatic N) is 1. The molecule has 6 nitrogen and oxygen atoms in total. The summed E-state index contributed by atoms with van der Waals surface area (Å²) in [5, 5.41) is 9.39. The number of ether oxygens (including phenoxy) is 1. The van der Waals surface area contributed by atoms with Crippen molar-refractivity contribution in [3.05, 3.63) is 65.7 Å². The van der Waals surface area contributed by atoms with Crippen molar-refractivity contribution in [1.82, 2.24) is 16.0 Å². The lowest BCUT2D eigenvalue weighted by Gasteiger charge is -2.14. The molecule has 0 aliphatic rings. The Morgan fingerprint density at radius 3 is 2.32 bits per heavy atom. The molecule has 6 heteroatoms. The largest absolute Gasteiger partial charge is 0.497 e. The molecule has 2 aromatic rings. The second-order valence-electron chi connectivity index (χ2n) is 6.44. The Balaban J connectivity index is 1.78. The SMILES string of the molecule is CCNC(=NCC(C)c1ccccc1)NCCNC(=O)c1ccc(OC)cc1. The number of guanidine groups is 1. The van der Waals surface area contributed by atoms with E-state index in [0.29, 0.717) is 31.1 Å². The van der Waals surface area contributed by atoms with Crippen LogP contribution in [0.4, 0.5) is 0 Å². The normalized spacial score (nSPS) is 12.2. The Kier molecular flexibility index (Phi) is 8.85. The Bertz CT molecular complexity index is 745. The highest BCUT2D eigenvalue weighted by Crippen LogP contribution is 2.14. The van der Waals surface area contributed by atoms with Crippen LogP contribution < -0.4 is 20.7 Å². The molecular weight excluding hydrogens is 352 g/mol. The van der Waals surface area contributed by atoms with Crippen molar-refractivity contribution in [2.45, 2.75) is 19.8 Å². The van der Waals surface area contributed by atoms with Crippen LogP contribution in [-0.2, 0) is 0 Å². The average molecular weight is 383 g/mol.